The summed E-state index contributed by atoms with van der Waals surface area (Å²) >= 11 is 4.57. The van der Waals surface area contributed by atoms with Crippen LogP contribution in [0.2, 0.25) is 0 Å². The summed E-state index contributed by atoms with van der Waals surface area (Å²) in [5.74, 6) is 0. The average Bonchev–Trinajstić information content (AvgIpc) is 2.28. The number of hydrogen-bond donors (Lipinski definition) is 0. The molecule has 0 amide bonds. The minimum Gasteiger partial charge on any atom is -0.267 e. The van der Waals surface area contributed by atoms with Gasteiger partial charge in [0.25, 0.3) is 0 Å². The molecule has 0 N–H and O–H groups in total. The van der Waals surface area contributed by atoms with Crippen molar-refractivity contribution >= 4 is 56.1 Å². The molecule has 0 bridgehead atoms. The number of aromatic nitrogens is 2. The highest BCUT2D eigenvalue weighted by atomic mass is 127. The number of rotatable bonds is 0. The van der Waals surface area contributed by atoms with Gasteiger partial charge in [-0.05, 0) is 63.4 Å². The number of hydrogen-bond acceptors (Lipinski definition) is 1. The van der Waals surface area contributed by atoms with E-state index in [9.17, 15) is 0 Å². The molecule has 0 aliphatic carbocycles. The van der Waals surface area contributed by atoms with Gasteiger partial charge in [0, 0.05) is 16.0 Å². The molecule has 2 nitrogen and oxygen atoms in total. The van der Waals surface area contributed by atoms with Crippen molar-refractivity contribution < 1.29 is 0 Å². The molecule has 0 aliphatic heterocycles. The van der Waals surface area contributed by atoms with Gasteiger partial charge >= 0.3 is 0 Å². The van der Waals surface area contributed by atoms with E-state index in [4.69, 9.17) is 0 Å². The molecule has 0 saturated heterocycles. The van der Waals surface area contributed by atoms with E-state index < -0.39 is 0 Å². The monoisotopic (exact) mass is 384 g/mol. The second kappa shape index (κ2) is 3.13. The highest BCUT2D eigenvalue weighted by Gasteiger charge is 2.04. The fraction of sp³-hybridized carbons (Fsp3) is 0.125. The van der Waals surface area contributed by atoms with Crippen LogP contribution >= 0.6 is 45.2 Å². The summed E-state index contributed by atoms with van der Waals surface area (Å²) in [6.45, 7) is 0. The van der Waals surface area contributed by atoms with Crippen LogP contribution in [0.25, 0.3) is 10.9 Å². The molecular weight excluding hydrogens is 378 g/mol. The predicted octanol–water partition coefficient (Wildman–Crippen LogP) is 2.78. The van der Waals surface area contributed by atoms with Crippen LogP contribution < -0.4 is 0 Å². The normalized spacial score (nSPS) is 10.9. The molecule has 12 heavy (non-hydrogen) atoms. The molecule has 62 valence electrons. The van der Waals surface area contributed by atoms with Crippen LogP contribution in [0.4, 0.5) is 0 Å². The van der Waals surface area contributed by atoms with E-state index in [0.29, 0.717) is 0 Å². The first kappa shape index (κ1) is 8.74. The first-order chi connectivity index (χ1) is 5.68. The summed E-state index contributed by atoms with van der Waals surface area (Å²) in [7, 11) is 1.97. The van der Waals surface area contributed by atoms with E-state index >= 15 is 0 Å². The number of benzene rings is 1. The fourth-order valence-corrected chi connectivity index (χ4v) is 2.44. The Kier molecular flexibility index (Phi) is 2.28. The van der Waals surface area contributed by atoms with E-state index in [0.717, 1.165) is 3.70 Å². The van der Waals surface area contributed by atoms with Gasteiger partial charge in [-0.2, -0.15) is 5.10 Å². The molecule has 0 fully saturated rings. The maximum Gasteiger partial charge on any atom is 0.131 e. The largest absolute Gasteiger partial charge is 0.267 e. The average molecular weight is 384 g/mol. The van der Waals surface area contributed by atoms with Crippen LogP contribution in [0.15, 0.2) is 18.2 Å². The highest BCUT2D eigenvalue weighted by Crippen LogP contribution is 2.21. The molecule has 1 aromatic carbocycles. The molecule has 0 radical (unpaired) electrons. The molecule has 0 saturated carbocycles. The van der Waals surface area contributed by atoms with Gasteiger partial charge in [0.1, 0.15) is 3.70 Å². The zero-order valence-corrected chi connectivity index (χ0v) is 10.7. The van der Waals surface area contributed by atoms with Crippen molar-refractivity contribution in [2.75, 3.05) is 0 Å². The van der Waals surface area contributed by atoms with Crippen molar-refractivity contribution in [3.63, 3.8) is 0 Å². The summed E-state index contributed by atoms with van der Waals surface area (Å²) < 4.78 is 4.24. The Morgan fingerprint density at radius 3 is 2.83 bits per heavy atom. The van der Waals surface area contributed by atoms with Crippen LogP contribution in [0.1, 0.15) is 0 Å². The van der Waals surface area contributed by atoms with Crippen molar-refractivity contribution in [3.05, 3.63) is 25.5 Å². The van der Waals surface area contributed by atoms with E-state index in [2.05, 4.69) is 68.5 Å². The van der Waals surface area contributed by atoms with Crippen molar-refractivity contribution in [1.82, 2.24) is 9.78 Å². The molecule has 4 heteroatoms. The van der Waals surface area contributed by atoms with Gasteiger partial charge in [-0.25, -0.2) is 0 Å². The van der Waals surface area contributed by atoms with Crippen molar-refractivity contribution in [3.8, 4) is 0 Å². The van der Waals surface area contributed by atoms with Crippen LogP contribution in [0.5, 0.6) is 0 Å². The van der Waals surface area contributed by atoms with Crippen molar-refractivity contribution in [2.45, 2.75) is 0 Å². The van der Waals surface area contributed by atoms with Crippen LogP contribution in [-0.2, 0) is 7.05 Å². The maximum absolute atomic E-state index is 4.33. The molecule has 0 atom stereocenters. The van der Waals surface area contributed by atoms with E-state index in [1.54, 1.807) is 0 Å². The maximum atomic E-state index is 4.33. The Hall–Kier alpha value is 0.150. The van der Waals surface area contributed by atoms with Crippen LogP contribution in [0.3, 0.4) is 0 Å². The summed E-state index contributed by atoms with van der Waals surface area (Å²) in [5.41, 5.74) is 1.19. The van der Waals surface area contributed by atoms with Gasteiger partial charge in [-0.15, -0.1) is 0 Å². The lowest BCUT2D eigenvalue weighted by molar-refractivity contribution is 0.787. The third-order valence-electron chi connectivity index (χ3n) is 1.77. The molecule has 1 heterocycles. The Balaban J connectivity index is 2.90. The molecule has 0 spiro atoms. The molecule has 1 aromatic heterocycles. The predicted molar refractivity (Wildman–Crippen MR) is 66.1 cm³/mol. The zero-order chi connectivity index (χ0) is 8.72. The Labute approximate surface area is 97.6 Å². The fourth-order valence-electron chi connectivity index (χ4n) is 1.20. The van der Waals surface area contributed by atoms with Crippen LogP contribution in [0, 0.1) is 7.27 Å². The van der Waals surface area contributed by atoms with E-state index in [1.807, 2.05) is 11.7 Å². The Morgan fingerprint density at radius 1 is 1.33 bits per heavy atom. The number of nitrogens with zero attached hydrogens (tertiary/aromatic N) is 2. The van der Waals surface area contributed by atoms with Gasteiger partial charge in [0.2, 0.25) is 0 Å². The smallest absolute Gasteiger partial charge is 0.131 e. The number of fused-ring (bicyclic) bond motifs is 1. The minimum atomic E-state index is 1.07. The molecule has 2 aromatic rings. The molecule has 0 aliphatic rings. The third-order valence-corrected chi connectivity index (χ3v) is 3.24. The zero-order valence-electron chi connectivity index (χ0n) is 6.38. The second-order valence-electron chi connectivity index (χ2n) is 2.58. The summed E-state index contributed by atoms with van der Waals surface area (Å²) in [5, 5.41) is 5.57. The second-order valence-corrected chi connectivity index (χ2v) is 4.84. The summed E-state index contributed by atoms with van der Waals surface area (Å²) in [4.78, 5) is 0. The molecular formula is C8H6I2N2. The lowest BCUT2D eigenvalue weighted by Gasteiger charge is -1.93. The summed E-state index contributed by atoms with van der Waals surface area (Å²) in [6, 6.07) is 6.36. The number of halogens is 2. The van der Waals surface area contributed by atoms with E-state index in [1.165, 1.54) is 14.5 Å². The van der Waals surface area contributed by atoms with Gasteiger partial charge < -0.3 is 0 Å². The SMILES string of the molecule is Cn1nc(I)c2cc(I)ccc21. The molecule has 2 rings (SSSR count). The third kappa shape index (κ3) is 1.34. The number of aryl methyl sites for hydroxylation is 1. The Bertz CT molecular complexity index is 434. The quantitative estimate of drug-likeness (QED) is 0.640. The summed E-state index contributed by atoms with van der Waals surface area (Å²) in [6.07, 6.45) is 0. The standard InChI is InChI=1S/C8H6I2N2/c1-12-7-3-2-5(9)4-6(7)8(10)11-12/h2-4H,1H3. The van der Waals surface area contributed by atoms with Crippen molar-refractivity contribution in [2.24, 2.45) is 7.05 Å². The Morgan fingerprint density at radius 2 is 2.08 bits per heavy atom. The first-order valence-corrected chi connectivity index (χ1v) is 5.62. The minimum absolute atomic E-state index is 1.07. The van der Waals surface area contributed by atoms with Crippen molar-refractivity contribution in [1.29, 1.82) is 0 Å². The van der Waals surface area contributed by atoms with Gasteiger partial charge in [0.05, 0.1) is 5.52 Å². The first-order valence-electron chi connectivity index (χ1n) is 3.46. The molecule has 0 unspecified atom stereocenters. The highest BCUT2D eigenvalue weighted by molar-refractivity contribution is 14.1. The van der Waals surface area contributed by atoms with Crippen LogP contribution in [-0.4, -0.2) is 9.78 Å². The van der Waals surface area contributed by atoms with Gasteiger partial charge in [-0.1, -0.05) is 0 Å². The van der Waals surface area contributed by atoms with E-state index in [-0.39, 0.29) is 0 Å². The van der Waals surface area contributed by atoms with Gasteiger partial charge in [0.15, 0.2) is 0 Å². The lowest BCUT2D eigenvalue weighted by atomic mass is 10.3. The topological polar surface area (TPSA) is 17.8 Å². The van der Waals surface area contributed by atoms with Gasteiger partial charge in [-0.3, -0.25) is 4.68 Å². The lowest BCUT2D eigenvalue weighted by Crippen LogP contribution is -1.88.